The van der Waals surface area contributed by atoms with Gasteiger partial charge in [0.1, 0.15) is 11.5 Å². The molecular weight excluding hydrogens is 264 g/mol. The summed E-state index contributed by atoms with van der Waals surface area (Å²) in [4.78, 5) is 6.18. The molecule has 0 radical (unpaired) electrons. The van der Waals surface area contributed by atoms with Crippen LogP contribution in [-0.2, 0) is 16.4 Å². The second kappa shape index (κ2) is 5.66. The largest absolute Gasteiger partial charge is 0.382 e. The third kappa shape index (κ3) is 3.74. The number of nitrogens with two attached hydrogens (primary N) is 1. The Labute approximate surface area is 113 Å². The van der Waals surface area contributed by atoms with Gasteiger partial charge < -0.3 is 5.73 Å². The van der Waals surface area contributed by atoms with Crippen LogP contribution in [0.15, 0.2) is 18.3 Å². The van der Waals surface area contributed by atoms with Gasteiger partial charge in [-0.3, -0.25) is 15.3 Å². The number of rotatable bonds is 3. The number of pyridine rings is 1. The first-order valence-corrected chi connectivity index (χ1v) is 8.01. The Hall–Kier alpha value is -1.47. The van der Waals surface area contributed by atoms with E-state index in [1.807, 2.05) is 6.07 Å². The molecule has 104 valence electrons. The minimum absolute atomic E-state index is 0.0574. The summed E-state index contributed by atoms with van der Waals surface area (Å²) in [5, 5.41) is 7.50. The second-order valence-electron chi connectivity index (χ2n) is 4.71. The van der Waals surface area contributed by atoms with Gasteiger partial charge in [-0.15, -0.1) is 0 Å². The van der Waals surface area contributed by atoms with Crippen LogP contribution >= 0.6 is 0 Å². The van der Waals surface area contributed by atoms with Crippen LogP contribution in [0, 0.1) is 5.41 Å². The van der Waals surface area contributed by atoms with E-state index in [9.17, 15) is 8.42 Å². The van der Waals surface area contributed by atoms with Gasteiger partial charge in [0.05, 0.1) is 11.5 Å². The molecule has 1 aromatic rings. The molecule has 1 aliphatic rings. The van der Waals surface area contributed by atoms with Crippen molar-refractivity contribution in [2.45, 2.75) is 13.0 Å². The Morgan fingerprint density at radius 3 is 2.95 bits per heavy atom. The zero-order chi connectivity index (χ0) is 13.9. The number of nitrogens with zero attached hydrogens (tertiary/aromatic N) is 2. The topological polar surface area (TPSA) is 100 Å². The van der Waals surface area contributed by atoms with E-state index in [0.717, 1.165) is 12.1 Å². The molecular formula is C12H18N4O2S. The van der Waals surface area contributed by atoms with Gasteiger partial charge in [0, 0.05) is 19.3 Å². The highest BCUT2D eigenvalue weighted by atomic mass is 32.2. The predicted molar refractivity (Wildman–Crippen MR) is 73.8 cm³/mol. The third-order valence-electron chi connectivity index (χ3n) is 3.19. The molecule has 0 aromatic carbocycles. The highest BCUT2D eigenvalue weighted by molar-refractivity contribution is 7.91. The van der Waals surface area contributed by atoms with Gasteiger partial charge in [0.2, 0.25) is 0 Å². The van der Waals surface area contributed by atoms with Gasteiger partial charge in [-0.25, -0.2) is 8.42 Å². The van der Waals surface area contributed by atoms with Crippen LogP contribution in [0.5, 0.6) is 0 Å². The molecule has 3 N–H and O–H groups in total. The maximum Gasteiger partial charge on any atom is 0.151 e. The highest BCUT2D eigenvalue weighted by Crippen LogP contribution is 2.12. The maximum absolute atomic E-state index is 11.6. The lowest BCUT2D eigenvalue weighted by Crippen LogP contribution is -2.28. The van der Waals surface area contributed by atoms with E-state index in [1.165, 1.54) is 0 Å². The number of amidine groups is 1. The van der Waals surface area contributed by atoms with Crippen molar-refractivity contribution in [3.05, 3.63) is 29.6 Å². The molecule has 7 heteroatoms. The summed E-state index contributed by atoms with van der Waals surface area (Å²) >= 11 is 0. The van der Waals surface area contributed by atoms with Crippen LogP contribution in [-0.4, -0.2) is 48.7 Å². The van der Waals surface area contributed by atoms with Crippen molar-refractivity contribution in [2.24, 2.45) is 5.73 Å². The van der Waals surface area contributed by atoms with E-state index >= 15 is 0 Å². The van der Waals surface area contributed by atoms with E-state index < -0.39 is 9.84 Å². The van der Waals surface area contributed by atoms with Crippen LogP contribution in [0.25, 0.3) is 0 Å². The Morgan fingerprint density at radius 1 is 1.42 bits per heavy atom. The van der Waals surface area contributed by atoms with Crippen molar-refractivity contribution in [1.29, 1.82) is 5.41 Å². The molecule has 1 aromatic heterocycles. The van der Waals surface area contributed by atoms with Crippen molar-refractivity contribution in [3.63, 3.8) is 0 Å². The van der Waals surface area contributed by atoms with Crippen LogP contribution in [0.4, 0.5) is 0 Å². The first kappa shape index (κ1) is 14.0. The van der Waals surface area contributed by atoms with Crippen molar-refractivity contribution < 1.29 is 8.42 Å². The molecule has 2 rings (SSSR count). The Morgan fingerprint density at radius 2 is 2.21 bits per heavy atom. The molecule has 0 unspecified atom stereocenters. The molecule has 1 saturated heterocycles. The molecule has 1 aliphatic heterocycles. The summed E-state index contributed by atoms with van der Waals surface area (Å²) in [6, 6.07) is 3.68. The number of aromatic nitrogens is 1. The van der Waals surface area contributed by atoms with E-state index in [1.54, 1.807) is 12.3 Å². The summed E-state index contributed by atoms with van der Waals surface area (Å²) in [6.45, 7) is 1.85. The van der Waals surface area contributed by atoms with Crippen LogP contribution in [0.2, 0.25) is 0 Å². The van der Waals surface area contributed by atoms with Crippen molar-refractivity contribution in [1.82, 2.24) is 9.88 Å². The zero-order valence-corrected chi connectivity index (χ0v) is 11.5. The van der Waals surface area contributed by atoms with Crippen molar-refractivity contribution in [3.8, 4) is 0 Å². The number of sulfone groups is 1. The minimum atomic E-state index is -2.90. The lowest BCUT2D eigenvalue weighted by molar-refractivity contribution is 0.287. The monoisotopic (exact) mass is 282 g/mol. The molecule has 0 saturated carbocycles. The second-order valence-corrected chi connectivity index (χ2v) is 7.01. The summed E-state index contributed by atoms with van der Waals surface area (Å²) in [5.74, 6) is 0.400. The smallest absolute Gasteiger partial charge is 0.151 e. The SMILES string of the molecule is N=C(N)c1ncccc1CN1CCCS(=O)(=O)CC1. The predicted octanol–water partition coefficient (Wildman–Crippen LogP) is -0.0138. The lowest BCUT2D eigenvalue weighted by atomic mass is 10.1. The summed E-state index contributed by atoms with van der Waals surface area (Å²) < 4.78 is 23.1. The maximum atomic E-state index is 11.6. The van der Waals surface area contributed by atoms with Gasteiger partial charge in [-0.1, -0.05) is 6.07 Å². The third-order valence-corrected chi connectivity index (χ3v) is 4.90. The molecule has 19 heavy (non-hydrogen) atoms. The zero-order valence-electron chi connectivity index (χ0n) is 10.7. The van der Waals surface area contributed by atoms with Crippen LogP contribution < -0.4 is 5.73 Å². The van der Waals surface area contributed by atoms with Gasteiger partial charge in [-0.05, 0) is 24.6 Å². The lowest BCUT2D eigenvalue weighted by Gasteiger charge is -2.20. The van der Waals surface area contributed by atoms with E-state index in [-0.39, 0.29) is 17.3 Å². The standard InChI is InChI=1S/C12H18N4O2S/c13-12(14)11-10(3-1-4-15-11)9-16-5-2-7-19(17,18)8-6-16/h1,3-4H,2,5-9H2,(H3,13,14). The quantitative estimate of drug-likeness (QED) is 0.600. The first-order valence-electron chi connectivity index (χ1n) is 6.19. The summed E-state index contributed by atoms with van der Waals surface area (Å²) in [6.07, 6.45) is 2.26. The van der Waals surface area contributed by atoms with Crippen molar-refractivity contribution >= 4 is 15.7 Å². The summed E-state index contributed by atoms with van der Waals surface area (Å²) in [5.41, 5.74) is 6.85. The number of nitrogens with one attached hydrogen (secondary N) is 1. The van der Waals surface area contributed by atoms with Gasteiger partial charge in [0.15, 0.2) is 9.84 Å². The Kier molecular flexibility index (Phi) is 4.16. The van der Waals surface area contributed by atoms with Gasteiger partial charge >= 0.3 is 0 Å². The number of hydrogen-bond donors (Lipinski definition) is 2. The average Bonchev–Trinajstić information content (AvgIpc) is 2.51. The summed E-state index contributed by atoms with van der Waals surface area (Å²) in [7, 11) is -2.90. The molecule has 6 nitrogen and oxygen atoms in total. The van der Waals surface area contributed by atoms with Gasteiger partial charge in [0.25, 0.3) is 0 Å². The minimum Gasteiger partial charge on any atom is -0.382 e. The fraction of sp³-hybridized carbons (Fsp3) is 0.500. The molecule has 0 aliphatic carbocycles. The number of hydrogen-bond acceptors (Lipinski definition) is 5. The molecule has 0 atom stereocenters. The van der Waals surface area contributed by atoms with E-state index in [4.69, 9.17) is 11.1 Å². The van der Waals surface area contributed by atoms with E-state index in [0.29, 0.717) is 25.2 Å². The number of nitrogen functional groups attached to an aromatic ring is 1. The van der Waals surface area contributed by atoms with Crippen molar-refractivity contribution in [2.75, 3.05) is 24.6 Å². The molecule has 0 amide bonds. The van der Waals surface area contributed by atoms with Crippen LogP contribution in [0.3, 0.4) is 0 Å². The Balaban J connectivity index is 2.11. The van der Waals surface area contributed by atoms with Gasteiger partial charge in [-0.2, -0.15) is 0 Å². The fourth-order valence-corrected chi connectivity index (χ4v) is 3.51. The first-order chi connectivity index (χ1) is 8.98. The van der Waals surface area contributed by atoms with Crippen LogP contribution in [0.1, 0.15) is 17.7 Å². The molecule has 0 bridgehead atoms. The highest BCUT2D eigenvalue weighted by Gasteiger charge is 2.20. The molecule has 2 heterocycles. The Bertz CT molecular complexity index is 571. The van der Waals surface area contributed by atoms with E-state index in [2.05, 4.69) is 9.88 Å². The average molecular weight is 282 g/mol. The molecule has 0 spiro atoms. The fourth-order valence-electron chi connectivity index (χ4n) is 2.20. The normalized spacial score (nSPS) is 19.8. The molecule has 1 fully saturated rings.